The standard InChI is InChI=1S/C23H25NO/c1-4-24-15-21(13-19-11-7-5-9-17(19)2)23(25)22(16-24)14-20-12-8-6-10-18(20)3/h5-14H,4,15-16H2,1-3H3. The molecule has 0 spiro atoms. The van der Waals surface area contributed by atoms with E-state index in [0.717, 1.165) is 41.9 Å². The molecule has 128 valence electrons. The van der Waals surface area contributed by atoms with Crippen LogP contribution in [0.25, 0.3) is 12.2 Å². The van der Waals surface area contributed by atoms with Gasteiger partial charge in [-0.2, -0.15) is 0 Å². The summed E-state index contributed by atoms with van der Waals surface area (Å²) < 4.78 is 0. The molecule has 0 bridgehead atoms. The fourth-order valence-electron chi connectivity index (χ4n) is 3.21. The molecule has 1 heterocycles. The Morgan fingerprint density at radius 1 is 0.840 bits per heavy atom. The maximum atomic E-state index is 13.1. The number of carbonyl (C=O) groups excluding carboxylic acids is 1. The molecule has 1 aliphatic heterocycles. The van der Waals surface area contributed by atoms with E-state index in [2.05, 4.69) is 62.1 Å². The molecule has 0 aromatic heterocycles. The van der Waals surface area contributed by atoms with Crippen LogP contribution in [-0.4, -0.2) is 30.3 Å². The van der Waals surface area contributed by atoms with Gasteiger partial charge in [0, 0.05) is 24.2 Å². The first-order valence-corrected chi connectivity index (χ1v) is 8.88. The van der Waals surface area contributed by atoms with E-state index in [1.165, 1.54) is 11.1 Å². The van der Waals surface area contributed by atoms with Gasteiger partial charge in [-0.05, 0) is 54.8 Å². The zero-order chi connectivity index (χ0) is 17.8. The number of benzene rings is 2. The van der Waals surface area contributed by atoms with E-state index in [9.17, 15) is 4.79 Å². The molecule has 0 aliphatic carbocycles. The van der Waals surface area contributed by atoms with E-state index in [4.69, 9.17) is 0 Å². The third kappa shape index (κ3) is 3.97. The summed E-state index contributed by atoms with van der Waals surface area (Å²) in [4.78, 5) is 15.4. The van der Waals surface area contributed by atoms with Gasteiger partial charge >= 0.3 is 0 Å². The van der Waals surface area contributed by atoms with Crippen molar-refractivity contribution in [2.45, 2.75) is 20.8 Å². The monoisotopic (exact) mass is 331 g/mol. The Kier molecular flexibility index (Phi) is 5.30. The molecular weight excluding hydrogens is 306 g/mol. The SMILES string of the molecule is CCN1CC(=Cc2ccccc2C)C(=O)C(=Cc2ccccc2C)C1. The Morgan fingerprint density at radius 2 is 1.28 bits per heavy atom. The van der Waals surface area contributed by atoms with Crippen LogP contribution in [0.4, 0.5) is 0 Å². The van der Waals surface area contributed by atoms with E-state index in [1.807, 2.05) is 24.3 Å². The molecule has 2 aromatic carbocycles. The van der Waals surface area contributed by atoms with Gasteiger partial charge in [0.25, 0.3) is 0 Å². The lowest BCUT2D eigenvalue weighted by atomic mass is 9.93. The number of rotatable bonds is 3. The molecule has 0 radical (unpaired) electrons. The van der Waals surface area contributed by atoms with Gasteiger partial charge in [-0.15, -0.1) is 0 Å². The van der Waals surface area contributed by atoms with Crippen LogP contribution in [0.3, 0.4) is 0 Å². The van der Waals surface area contributed by atoms with Crippen LogP contribution in [0, 0.1) is 13.8 Å². The highest BCUT2D eigenvalue weighted by atomic mass is 16.1. The predicted octanol–water partition coefficient (Wildman–Crippen LogP) is 4.68. The number of Topliss-reactive ketones (excluding diaryl/α,β-unsaturated/α-hetero) is 1. The van der Waals surface area contributed by atoms with Gasteiger partial charge < -0.3 is 0 Å². The van der Waals surface area contributed by atoms with E-state index in [0.29, 0.717) is 0 Å². The van der Waals surface area contributed by atoms with Crippen LogP contribution in [0.1, 0.15) is 29.2 Å². The summed E-state index contributed by atoms with van der Waals surface area (Å²) >= 11 is 0. The van der Waals surface area contributed by atoms with Crippen molar-refractivity contribution in [3.63, 3.8) is 0 Å². The summed E-state index contributed by atoms with van der Waals surface area (Å²) in [6.07, 6.45) is 4.12. The maximum Gasteiger partial charge on any atom is 0.187 e. The third-order valence-corrected chi connectivity index (χ3v) is 4.85. The number of hydrogen-bond acceptors (Lipinski definition) is 2. The summed E-state index contributed by atoms with van der Waals surface area (Å²) in [6.45, 7) is 8.68. The summed E-state index contributed by atoms with van der Waals surface area (Å²) in [5, 5.41) is 0. The zero-order valence-corrected chi connectivity index (χ0v) is 15.3. The highest BCUT2D eigenvalue weighted by Gasteiger charge is 2.25. The summed E-state index contributed by atoms with van der Waals surface area (Å²) in [5.74, 6) is 0.177. The minimum absolute atomic E-state index is 0.177. The largest absolute Gasteiger partial charge is 0.295 e. The average Bonchev–Trinajstić information content (AvgIpc) is 2.62. The predicted molar refractivity (Wildman–Crippen MR) is 105 cm³/mol. The second kappa shape index (κ2) is 7.62. The van der Waals surface area contributed by atoms with Crippen molar-refractivity contribution >= 4 is 17.9 Å². The molecule has 1 aliphatic rings. The molecule has 0 saturated carbocycles. The van der Waals surface area contributed by atoms with Gasteiger partial charge in [-0.25, -0.2) is 0 Å². The quantitative estimate of drug-likeness (QED) is 0.762. The van der Waals surface area contributed by atoms with Gasteiger partial charge in [-0.3, -0.25) is 9.69 Å². The van der Waals surface area contributed by atoms with Crippen molar-refractivity contribution in [3.8, 4) is 0 Å². The summed E-state index contributed by atoms with van der Waals surface area (Å²) in [7, 11) is 0. The Labute approximate surface area is 150 Å². The average molecular weight is 331 g/mol. The van der Waals surface area contributed by atoms with Gasteiger partial charge in [0.2, 0.25) is 0 Å². The van der Waals surface area contributed by atoms with Gasteiger partial charge in [0.15, 0.2) is 5.78 Å². The van der Waals surface area contributed by atoms with E-state index in [-0.39, 0.29) is 5.78 Å². The number of nitrogens with zero attached hydrogens (tertiary/aromatic N) is 1. The highest BCUT2D eigenvalue weighted by molar-refractivity contribution is 6.14. The van der Waals surface area contributed by atoms with E-state index in [1.54, 1.807) is 0 Å². The second-order valence-electron chi connectivity index (χ2n) is 6.68. The van der Waals surface area contributed by atoms with Crippen LogP contribution in [0.2, 0.25) is 0 Å². The molecule has 2 nitrogen and oxygen atoms in total. The van der Waals surface area contributed by atoms with Crippen molar-refractivity contribution < 1.29 is 4.79 Å². The van der Waals surface area contributed by atoms with Crippen LogP contribution < -0.4 is 0 Å². The lowest BCUT2D eigenvalue weighted by molar-refractivity contribution is -0.113. The lowest BCUT2D eigenvalue weighted by Gasteiger charge is -2.28. The number of aryl methyl sites for hydroxylation is 2. The summed E-state index contributed by atoms with van der Waals surface area (Å²) in [5.41, 5.74) is 6.39. The number of piperidine rings is 1. The molecule has 1 fully saturated rings. The molecule has 2 heteroatoms. The Morgan fingerprint density at radius 3 is 1.68 bits per heavy atom. The maximum absolute atomic E-state index is 13.1. The molecule has 2 aromatic rings. The molecule has 1 saturated heterocycles. The number of likely N-dealkylation sites (tertiary alicyclic amines) is 1. The molecule has 0 amide bonds. The fraction of sp³-hybridized carbons (Fsp3) is 0.261. The Hall–Kier alpha value is -2.45. The van der Waals surface area contributed by atoms with Crippen LogP contribution >= 0.6 is 0 Å². The Balaban J connectivity index is 2.00. The molecule has 0 N–H and O–H groups in total. The smallest absolute Gasteiger partial charge is 0.187 e. The fourth-order valence-corrected chi connectivity index (χ4v) is 3.21. The van der Waals surface area contributed by atoms with Gasteiger partial charge in [0.05, 0.1) is 0 Å². The number of ketones is 1. The first-order valence-electron chi connectivity index (χ1n) is 8.88. The topological polar surface area (TPSA) is 20.3 Å². The first kappa shape index (κ1) is 17.4. The lowest BCUT2D eigenvalue weighted by Crippen LogP contribution is -2.37. The van der Waals surface area contributed by atoms with Crippen molar-refractivity contribution in [2.24, 2.45) is 0 Å². The van der Waals surface area contributed by atoms with Crippen molar-refractivity contribution in [1.82, 2.24) is 4.90 Å². The normalized spacial score (nSPS) is 18.9. The molecule has 0 atom stereocenters. The van der Waals surface area contributed by atoms with Crippen molar-refractivity contribution in [2.75, 3.05) is 19.6 Å². The molecule has 0 unspecified atom stereocenters. The number of likely N-dealkylation sites (N-methyl/N-ethyl adjacent to an activating group) is 1. The first-order chi connectivity index (χ1) is 12.1. The second-order valence-corrected chi connectivity index (χ2v) is 6.68. The molecule has 3 rings (SSSR count). The van der Waals surface area contributed by atoms with Crippen LogP contribution in [-0.2, 0) is 4.79 Å². The Bertz CT molecular complexity index is 777. The molecular formula is C23H25NO. The number of hydrogen-bond donors (Lipinski definition) is 0. The van der Waals surface area contributed by atoms with Crippen molar-refractivity contribution in [3.05, 3.63) is 81.9 Å². The van der Waals surface area contributed by atoms with Gasteiger partial charge in [-0.1, -0.05) is 55.5 Å². The van der Waals surface area contributed by atoms with Gasteiger partial charge in [0.1, 0.15) is 0 Å². The third-order valence-electron chi connectivity index (χ3n) is 4.85. The highest BCUT2D eigenvalue weighted by Crippen LogP contribution is 2.23. The van der Waals surface area contributed by atoms with Crippen molar-refractivity contribution in [1.29, 1.82) is 0 Å². The number of carbonyl (C=O) groups is 1. The van der Waals surface area contributed by atoms with E-state index < -0.39 is 0 Å². The van der Waals surface area contributed by atoms with Crippen LogP contribution in [0.5, 0.6) is 0 Å². The zero-order valence-electron chi connectivity index (χ0n) is 15.3. The van der Waals surface area contributed by atoms with E-state index >= 15 is 0 Å². The minimum Gasteiger partial charge on any atom is -0.295 e. The van der Waals surface area contributed by atoms with Crippen LogP contribution in [0.15, 0.2) is 59.7 Å². The minimum atomic E-state index is 0.177. The molecule has 25 heavy (non-hydrogen) atoms. The summed E-state index contributed by atoms with van der Waals surface area (Å²) in [6, 6.07) is 16.4.